The van der Waals surface area contributed by atoms with Gasteiger partial charge in [0.15, 0.2) is 0 Å². The first-order valence-corrected chi connectivity index (χ1v) is 9.47. The molecular weight excluding hydrogens is 332 g/mol. The van der Waals surface area contributed by atoms with Gasteiger partial charge in [-0.3, -0.25) is 4.79 Å². The fourth-order valence-electron chi connectivity index (χ4n) is 3.75. The maximum absolute atomic E-state index is 11.9. The van der Waals surface area contributed by atoms with Gasteiger partial charge in [-0.15, -0.1) is 0 Å². The highest BCUT2D eigenvalue weighted by Crippen LogP contribution is 2.35. The molecule has 0 aliphatic carbocycles. The van der Waals surface area contributed by atoms with Gasteiger partial charge in [-0.25, -0.2) is 0 Å². The number of aliphatic hydroxyl groups excluding tert-OH is 1. The van der Waals surface area contributed by atoms with E-state index in [0.717, 1.165) is 6.54 Å². The molecule has 26 heavy (non-hydrogen) atoms. The topological polar surface area (TPSA) is 79.8 Å². The summed E-state index contributed by atoms with van der Waals surface area (Å²) in [6.07, 6.45) is -0.621. The van der Waals surface area contributed by atoms with Crippen molar-refractivity contribution in [2.45, 2.75) is 76.7 Å². The maximum Gasteiger partial charge on any atom is 0.222 e. The van der Waals surface area contributed by atoms with Crippen LogP contribution in [0.1, 0.15) is 37.8 Å². The van der Waals surface area contributed by atoms with Gasteiger partial charge in [-0.2, -0.15) is 0 Å². The Hall–Kier alpha value is -1.47. The number of ether oxygens (including phenoxy) is 2. The first-order valence-electron chi connectivity index (χ1n) is 9.47. The minimum atomic E-state index is -0.664. The molecule has 2 aliphatic heterocycles. The summed E-state index contributed by atoms with van der Waals surface area (Å²) in [5.74, 6) is -0.0177. The Morgan fingerprint density at radius 1 is 1.31 bits per heavy atom. The van der Waals surface area contributed by atoms with Crippen molar-refractivity contribution in [3.05, 3.63) is 35.4 Å². The van der Waals surface area contributed by atoms with E-state index in [2.05, 4.69) is 29.7 Å². The molecule has 2 fully saturated rings. The number of amides is 1. The van der Waals surface area contributed by atoms with E-state index < -0.39 is 6.10 Å². The summed E-state index contributed by atoms with van der Waals surface area (Å²) >= 11 is 0. The molecule has 0 saturated carbocycles. The number of benzene rings is 1. The second kappa shape index (κ2) is 8.48. The molecule has 6 nitrogen and oxygen atoms in total. The van der Waals surface area contributed by atoms with Crippen LogP contribution in [0.3, 0.4) is 0 Å². The lowest BCUT2D eigenvalue weighted by Crippen LogP contribution is -2.39. The second-order valence-electron chi connectivity index (χ2n) is 7.65. The smallest absolute Gasteiger partial charge is 0.222 e. The van der Waals surface area contributed by atoms with Crippen LogP contribution in [0.15, 0.2) is 24.3 Å². The standard InChI is InChI=1S/C20H30N2O4/c1-12(2)22-18(23)9-15-8-16-20(25-15)19(24)17(26-16)11-21-10-14-7-5-4-6-13(14)3/h4-7,12,15-17,19-21,24H,8-11H2,1-3H3,(H,22,23). The fraction of sp³-hybridized carbons (Fsp3) is 0.650. The number of hydrogen-bond acceptors (Lipinski definition) is 5. The monoisotopic (exact) mass is 362 g/mol. The Morgan fingerprint density at radius 3 is 2.77 bits per heavy atom. The van der Waals surface area contributed by atoms with E-state index in [0.29, 0.717) is 19.4 Å². The van der Waals surface area contributed by atoms with Crippen LogP contribution in [0, 0.1) is 6.92 Å². The lowest BCUT2D eigenvalue weighted by molar-refractivity contribution is -0.125. The minimum absolute atomic E-state index is 0.0177. The Bertz CT molecular complexity index is 622. The second-order valence-corrected chi connectivity index (χ2v) is 7.65. The molecule has 0 bridgehead atoms. The number of carbonyl (C=O) groups excluding carboxylic acids is 1. The third kappa shape index (κ3) is 4.62. The predicted molar refractivity (Wildman–Crippen MR) is 98.7 cm³/mol. The summed E-state index contributed by atoms with van der Waals surface area (Å²) < 4.78 is 11.9. The zero-order chi connectivity index (χ0) is 18.7. The third-order valence-electron chi connectivity index (χ3n) is 5.06. The van der Waals surface area contributed by atoms with E-state index in [9.17, 15) is 9.90 Å². The normalized spacial score (nSPS) is 30.6. The van der Waals surface area contributed by atoms with Crippen molar-refractivity contribution in [3.8, 4) is 0 Å². The van der Waals surface area contributed by atoms with Crippen LogP contribution in [0.25, 0.3) is 0 Å². The molecule has 0 spiro atoms. The number of nitrogens with one attached hydrogen (secondary N) is 2. The van der Waals surface area contributed by atoms with Gasteiger partial charge in [-0.05, 0) is 31.9 Å². The summed E-state index contributed by atoms with van der Waals surface area (Å²) in [5, 5.41) is 16.8. The Labute approximate surface area is 155 Å². The van der Waals surface area contributed by atoms with Gasteiger partial charge in [0.25, 0.3) is 0 Å². The van der Waals surface area contributed by atoms with E-state index in [-0.39, 0.29) is 36.4 Å². The molecule has 0 radical (unpaired) electrons. The van der Waals surface area contributed by atoms with Crippen molar-refractivity contribution < 1.29 is 19.4 Å². The van der Waals surface area contributed by atoms with Crippen LogP contribution >= 0.6 is 0 Å². The van der Waals surface area contributed by atoms with Crippen LogP contribution in [-0.4, -0.2) is 54.1 Å². The highest BCUT2D eigenvalue weighted by atomic mass is 16.6. The number of aliphatic hydroxyl groups is 1. The minimum Gasteiger partial charge on any atom is -0.388 e. The SMILES string of the molecule is Cc1ccccc1CNCC1OC2CC(CC(=O)NC(C)C)OC2C1O. The molecule has 0 aromatic heterocycles. The molecule has 5 unspecified atom stereocenters. The number of fused-ring (bicyclic) bond motifs is 1. The van der Waals surface area contributed by atoms with Crippen LogP contribution in [0.2, 0.25) is 0 Å². The van der Waals surface area contributed by atoms with Gasteiger partial charge in [-0.1, -0.05) is 24.3 Å². The molecule has 2 heterocycles. The van der Waals surface area contributed by atoms with E-state index in [1.54, 1.807) is 0 Å². The number of hydrogen-bond donors (Lipinski definition) is 3. The Morgan fingerprint density at radius 2 is 2.08 bits per heavy atom. The van der Waals surface area contributed by atoms with E-state index in [1.807, 2.05) is 26.0 Å². The van der Waals surface area contributed by atoms with E-state index >= 15 is 0 Å². The fourth-order valence-corrected chi connectivity index (χ4v) is 3.75. The molecule has 1 amide bonds. The molecule has 5 atom stereocenters. The van der Waals surface area contributed by atoms with Gasteiger partial charge in [0.05, 0.1) is 24.7 Å². The largest absolute Gasteiger partial charge is 0.388 e. The van der Waals surface area contributed by atoms with Gasteiger partial charge >= 0.3 is 0 Å². The zero-order valence-electron chi connectivity index (χ0n) is 15.8. The number of carbonyl (C=O) groups is 1. The van der Waals surface area contributed by atoms with Crippen LogP contribution in [-0.2, 0) is 20.8 Å². The Balaban J connectivity index is 1.43. The van der Waals surface area contributed by atoms with Crippen molar-refractivity contribution in [2.24, 2.45) is 0 Å². The molecule has 1 aromatic carbocycles. The van der Waals surface area contributed by atoms with Crippen LogP contribution in [0.4, 0.5) is 0 Å². The number of aryl methyl sites for hydroxylation is 1. The van der Waals surface area contributed by atoms with Crippen molar-refractivity contribution in [1.82, 2.24) is 10.6 Å². The lowest BCUT2D eigenvalue weighted by Gasteiger charge is -2.20. The first-order chi connectivity index (χ1) is 12.4. The molecule has 2 aliphatic rings. The van der Waals surface area contributed by atoms with Crippen molar-refractivity contribution >= 4 is 5.91 Å². The maximum atomic E-state index is 11.9. The summed E-state index contributed by atoms with van der Waals surface area (Å²) in [6, 6.07) is 8.36. The predicted octanol–water partition coefficient (Wildman–Crippen LogP) is 1.29. The lowest BCUT2D eigenvalue weighted by atomic mass is 10.1. The highest BCUT2D eigenvalue weighted by molar-refractivity contribution is 5.76. The summed E-state index contributed by atoms with van der Waals surface area (Å²) in [7, 11) is 0. The molecule has 3 rings (SSSR count). The third-order valence-corrected chi connectivity index (χ3v) is 5.06. The van der Waals surface area contributed by atoms with Crippen molar-refractivity contribution in [2.75, 3.05) is 6.54 Å². The molecule has 144 valence electrons. The number of rotatable bonds is 7. The van der Waals surface area contributed by atoms with Gasteiger partial charge in [0.1, 0.15) is 12.2 Å². The quantitative estimate of drug-likeness (QED) is 0.681. The van der Waals surface area contributed by atoms with E-state index in [4.69, 9.17) is 9.47 Å². The average molecular weight is 362 g/mol. The molecule has 2 saturated heterocycles. The summed E-state index contributed by atoms with van der Waals surface area (Å²) in [5.41, 5.74) is 2.49. The zero-order valence-corrected chi connectivity index (χ0v) is 15.8. The highest BCUT2D eigenvalue weighted by Gasteiger charge is 2.50. The average Bonchev–Trinajstić information content (AvgIpc) is 3.08. The van der Waals surface area contributed by atoms with Crippen LogP contribution < -0.4 is 10.6 Å². The molecule has 1 aromatic rings. The molecule has 3 N–H and O–H groups in total. The van der Waals surface area contributed by atoms with Crippen molar-refractivity contribution in [3.63, 3.8) is 0 Å². The van der Waals surface area contributed by atoms with Gasteiger partial charge in [0.2, 0.25) is 5.91 Å². The van der Waals surface area contributed by atoms with Gasteiger partial charge in [0, 0.05) is 25.6 Å². The summed E-state index contributed by atoms with van der Waals surface area (Å²) in [6.45, 7) is 7.27. The molecule has 6 heteroatoms. The van der Waals surface area contributed by atoms with E-state index in [1.165, 1.54) is 11.1 Å². The summed E-state index contributed by atoms with van der Waals surface area (Å²) in [4.78, 5) is 11.9. The van der Waals surface area contributed by atoms with Crippen molar-refractivity contribution in [1.29, 1.82) is 0 Å². The van der Waals surface area contributed by atoms with Crippen LogP contribution in [0.5, 0.6) is 0 Å². The van der Waals surface area contributed by atoms with Gasteiger partial charge < -0.3 is 25.2 Å². The Kier molecular flexibility index (Phi) is 6.29. The first kappa shape index (κ1) is 19.3. The molecular formula is C20H30N2O4.